The number of benzene rings is 1. The summed E-state index contributed by atoms with van der Waals surface area (Å²) >= 11 is 0. The molecule has 176 valence electrons. The molecule has 2 aliphatic heterocycles. The number of halogens is 1. The summed E-state index contributed by atoms with van der Waals surface area (Å²) in [6, 6.07) is 5.07. The maximum absolute atomic E-state index is 14.5. The standard InChI is InChI=1S/C24H29FN4O4/c1-4-14-5-7-17(16(25)11-14)28-21-20(31-3)22(27-13-26-21)32-19-12-15-6-8-18(19)29(15)23(30)33-24(2)9-10-24/h5,7,11,13,15,18-19H,4,6,8-10,12H2,1-3H3,(H,26,27,28)/t15?,18?,19-/m0/s1. The fourth-order valence-corrected chi connectivity index (χ4v) is 4.75. The number of nitrogens with zero attached hydrogens (tertiary/aromatic N) is 3. The number of anilines is 2. The van der Waals surface area contributed by atoms with Crippen molar-refractivity contribution in [1.82, 2.24) is 14.9 Å². The van der Waals surface area contributed by atoms with Crippen LogP contribution in [0, 0.1) is 5.82 Å². The molecular weight excluding hydrogens is 427 g/mol. The van der Waals surface area contributed by atoms with E-state index in [1.54, 1.807) is 6.07 Å². The van der Waals surface area contributed by atoms with E-state index in [0.29, 0.717) is 18.0 Å². The number of hydrogen-bond donors (Lipinski definition) is 1. The summed E-state index contributed by atoms with van der Waals surface area (Å²) in [6.45, 7) is 3.94. The van der Waals surface area contributed by atoms with Gasteiger partial charge in [-0.3, -0.25) is 4.90 Å². The third-order valence-electron chi connectivity index (χ3n) is 6.91. The highest BCUT2D eigenvalue weighted by molar-refractivity contribution is 5.70. The third-order valence-corrected chi connectivity index (χ3v) is 6.91. The average molecular weight is 457 g/mol. The van der Waals surface area contributed by atoms with Crippen molar-refractivity contribution in [2.75, 3.05) is 12.4 Å². The second-order valence-electron chi connectivity index (χ2n) is 9.27. The van der Waals surface area contributed by atoms with Gasteiger partial charge in [-0.1, -0.05) is 13.0 Å². The van der Waals surface area contributed by atoms with Crippen molar-refractivity contribution < 1.29 is 23.4 Å². The fourth-order valence-electron chi connectivity index (χ4n) is 4.75. The van der Waals surface area contributed by atoms with Crippen molar-refractivity contribution in [3.05, 3.63) is 35.9 Å². The first-order valence-electron chi connectivity index (χ1n) is 11.5. The molecule has 1 amide bonds. The summed E-state index contributed by atoms with van der Waals surface area (Å²) in [5.41, 5.74) is 0.889. The van der Waals surface area contributed by atoms with Gasteiger partial charge < -0.3 is 19.5 Å². The van der Waals surface area contributed by atoms with E-state index in [2.05, 4.69) is 15.3 Å². The number of hydrogen-bond acceptors (Lipinski definition) is 7. The van der Waals surface area contributed by atoms with Crippen LogP contribution in [0.5, 0.6) is 11.6 Å². The molecular formula is C24H29FN4O4. The molecule has 8 nitrogen and oxygen atoms in total. The highest BCUT2D eigenvalue weighted by atomic mass is 19.1. The lowest BCUT2D eigenvalue weighted by Crippen LogP contribution is -2.41. The van der Waals surface area contributed by atoms with Gasteiger partial charge >= 0.3 is 6.09 Å². The number of carbonyl (C=O) groups is 1. The van der Waals surface area contributed by atoms with Gasteiger partial charge in [0.25, 0.3) is 5.88 Å². The van der Waals surface area contributed by atoms with E-state index in [1.807, 2.05) is 24.8 Å². The second kappa shape index (κ2) is 8.35. The summed E-state index contributed by atoms with van der Waals surface area (Å²) in [7, 11) is 1.49. The first-order valence-corrected chi connectivity index (χ1v) is 11.5. The number of rotatable bonds is 7. The highest BCUT2D eigenvalue weighted by Crippen LogP contribution is 2.45. The van der Waals surface area contributed by atoms with Gasteiger partial charge in [0.05, 0.1) is 18.8 Å². The minimum atomic E-state index is -0.371. The van der Waals surface area contributed by atoms with Gasteiger partial charge in [-0.15, -0.1) is 0 Å². The zero-order valence-electron chi connectivity index (χ0n) is 19.1. The van der Waals surface area contributed by atoms with Gasteiger partial charge in [0.15, 0.2) is 5.82 Å². The van der Waals surface area contributed by atoms with Crippen LogP contribution in [0.4, 0.5) is 20.7 Å². The summed E-state index contributed by atoms with van der Waals surface area (Å²) < 4.78 is 32.0. The summed E-state index contributed by atoms with van der Waals surface area (Å²) in [5, 5.41) is 2.99. The topological polar surface area (TPSA) is 85.8 Å². The summed E-state index contributed by atoms with van der Waals surface area (Å²) in [5.74, 6) is 0.496. The van der Waals surface area contributed by atoms with Crippen LogP contribution in [-0.2, 0) is 11.2 Å². The van der Waals surface area contributed by atoms with Crippen molar-refractivity contribution in [1.29, 1.82) is 0 Å². The van der Waals surface area contributed by atoms with Crippen LogP contribution >= 0.6 is 0 Å². The zero-order valence-corrected chi connectivity index (χ0v) is 19.1. The predicted molar refractivity (Wildman–Crippen MR) is 119 cm³/mol. The minimum Gasteiger partial charge on any atom is -0.489 e. The van der Waals surface area contributed by atoms with Gasteiger partial charge in [0, 0.05) is 12.5 Å². The van der Waals surface area contributed by atoms with Gasteiger partial charge in [0.1, 0.15) is 23.8 Å². The largest absolute Gasteiger partial charge is 0.489 e. The van der Waals surface area contributed by atoms with E-state index in [0.717, 1.165) is 37.7 Å². The Kier molecular flexibility index (Phi) is 5.50. The third kappa shape index (κ3) is 4.16. The highest BCUT2D eigenvalue weighted by Gasteiger charge is 2.53. The van der Waals surface area contributed by atoms with Gasteiger partial charge in [0.2, 0.25) is 5.75 Å². The first kappa shape index (κ1) is 21.7. The maximum Gasteiger partial charge on any atom is 0.410 e. The molecule has 0 radical (unpaired) electrons. The molecule has 2 bridgehead atoms. The fraction of sp³-hybridized carbons (Fsp3) is 0.542. The van der Waals surface area contributed by atoms with E-state index < -0.39 is 0 Å². The Morgan fingerprint density at radius 1 is 1.30 bits per heavy atom. The lowest BCUT2D eigenvalue weighted by Gasteiger charge is -2.26. The molecule has 2 unspecified atom stereocenters. The Bertz CT molecular complexity index is 1060. The van der Waals surface area contributed by atoms with E-state index in [9.17, 15) is 9.18 Å². The van der Waals surface area contributed by atoms with Crippen molar-refractivity contribution in [3.63, 3.8) is 0 Å². The molecule has 1 aliphatic carbocycles. The minimum absolute atomic E-state index is 0.0695. The number of amides is 1. The molecule has 3 heterocycles. The van der Waals surface area contributed by atoms with Crippen LogP contribution in [0.15, 0.2) is 24.5 Å². The molecule has 1 N–H and O–H groups in total. The molecule has 2 saturated heterocycles. The maximum atomic E-state index is 14.5. The number of carbonyl (C=O) groups excluding carboxylic acids is 1. The van der Waals surface area contributed by atoms with E-state index in [-0.39, 0.29) is 47.3 Å². The molecule has 1 aromatic heterocycles. The molecule has 33 heavy (non-hydrogen) atoms. The number of aryl methyl sites for hydroxylation is 1. The molecule has 9 heteroatoms. The number of fused-ring (bicyclic) bond motifs is 2. The van der Waals surface area contributed by atoms with Crippen LogP contribution in [0.3, 0.4) is 0 Å². The van der Waals surface area contributed by atoms with Crippen molar-refractivity contribution in [2.45, 2.75) is 76.2 Å². The Morgan fingerprint density at radius 2 is 2.12 bits per heavy atom. The molecule has 0 spiro atoms. The van der Waals surface area contributed by atoms with Crippen LogP contribution < -0.4 is 14.8 Å². The number of ether oxygens (including phenoxy) is 3. The molecule has 3 aliphatic rings. The zero-order chi connectivity index (χ0) is 23.2. The van der Waals surface area contributed by atoms with Crippen LogP contribution in [0.2, 0.25) is 0 Å². The van der Waals surface area contributed by atoms with Gasteiger partial charge in [-0.25, -0.2) is 14.2 Å². The van der Waals surface area contributed by atoms with Crippen LogP contribution in [0.25, 0.3) is 0 Å². The number of aromatic nitrogens is 2. The Balaban J connectivity index is 1.33. The second-order valence-corrected chi connectivity index (χ2v) is 9.27. The summed E-state index contributed by atoms with van der Waals surface area (Å²) in [4.78, 5) is 23.1. The Labute approximate surface area is 192 Å². The van der Waals surface area contributed by atoms with Crippen molar-refractivity contribution in [3.8, 4) is 11.6 Å². The molecule has 1 aromatic carbocycles. The van der Waals surface area contributed by atoms with E-state index in [1.165, 1.54) is 19.5 Å². The lowest BCUT2D eigenvalue weighted by atomic mass is 9.98. The molecule has 2 aromatic rings. The Hall–Kier alpha value is -3.10. The van der Waals surface area contributed by atoms with Crippen LogP contribution in [0.1, 0.15) is 51.5 Å². The molecule has 3 fully saturated rings. The van der Waals surface area contributed by atoms with Gasteiger partial charge in [-0.2, -0.15) is 4.98 Å². The SMILES string of the molecule is CCc1ccc(Nc2ncnc(O[C@H]3CC4CCC3N4C(=O)OC3(C)CC3)c2OC)c(F)c1. The Morgan fingerprint density at radius 3 is 2.82 bits per heavy atom. The van der Waals surface area contributed by atoms with E-state index in [4.69, 9.17) is 14.2 Å². The lowest BCUT2D eigenvalue weighted by molar-refractivity contribution is 0.0481. The van der Waals surface area contributed by atoms with E-state index >= 15 is 0 Å². The molecule has 3 atom stereocenters. The predicted octanol–water partition coefficient (Wildman–Crippen LogP) is 4.60. The normalized spacial score (nSPS) is 24.5. The van der Waals surface area contributed by atoms with Crippen LogP contribution in [-0.4, -0.2) is 51.9 Å². The van der Waals surface area contributed by atoms with Gasteiger partial charge in [-0.05, 0) is 56.7 Å². The average Bonchev–Trinajstić information content (AvgIpc) is 3.24. The van der Waals surface area contributed by atoms with Crippen molar-refractivity contribution >= 4 is 17.6 Å². The van der Waals surface area contributed by atoms with Crippen molar-refractivity contribution in [2.24, 2.45) is 0 Å². The number of nitrogens with one attached hydrogen (secondary N) is 1. The smallest absolute Gasteiger partial charge is 0.410 e. The monoisotopic (exact) mass is 456 g/mol. The quantitative estimate of drug-likeness (QED) is 0.651. The first-order chi connectivity index (χ1) is 15.9. The number of methoxy groups -OCH3 is 1. The molecule has 5 rings (SSSR count). The molecule has 1 saturated carbocycles. The summed E-state index contributed by atoms with van der Waals surface area (Å²) in [6.07, 6.45) is 5.96.